The first-order chi connectivity index (χ1) is 8.69. The first-order valence-electron chi connectivity index (χ1n) is 6.02. The van der Waals surface area contributed by atoms with Gasteiger partial charge in [-0.2, -0.15) is 5.26 Å². The first-order valence-corrected chi connectivity index (χ1v) is 6.02. The lowest BCUT2D eigenvalue weighted by Gasteiger charge is -2.08. The van der Waals surface area contributed by atoms with E-state index in [9.17, 15) is 4.79 Å². The molecule has 5 heteroatoms. The zero-order valence-electron chi connectivity index (χ0n) is 10.1. The summed E-state index contributed by atoms with van der Waals surface area (Å²) in [7, 11) is 0. The van der Waals surface area contributed by atoms with Gasteiger partial charge in [0.15, 0.2) is 0 Å². The van der Waals surface area contributed by atoms with E-state index >= 15 is 0 Å². The minimum atomic E-state index is 0.0756. The summed E-state index contributed by atoms with van der Waals surface area (Å²) in [6, 6.07) is 7.57. The van der Waals surface area contributed by atoms with Gasteiger partial charge in [0.1, 0.15) is 6.07 Å². The molecule has 0 aromatic heterocycles. The molecule has 2 rings (SSSR count). The predicted octanol–water partition coefficient (Wildman–Crippen LogP) is 1.22. The number of benzene rings is 1. The van der Waals surface area contributed by atoms with Crippen LogP contribution in [0.3, 0.4) is 0 Å². The van der Waals surface area contributed by atoms with Crippen LogP contribution < -0.4 is 16.4 Å². The maximum Gasteiger partial charge on any atom is 0.221 e. The molecule has 1 aromatic carbocycles. The zero-order valence-corrected chi connectivity index (χ0v) is 10.1. The predicted molar refractivity (Wildman–Crippen MR) is 69.8 cm³/mol. The maximum atomic E-state index is 11.4. The molecule has 94 valence electrons. The van der Waals surface area contributed by atoms with Crippen molar-refractivity contribution in [2.24, 2.45) is 0 Å². The monoisotopic (exact) mass is 244 g/mol. The molecule has 18 heavy (non-hydrogen) atoms. The van der Waals surface area contributed by atoms with E-state index in [0.29, 0.717) is 30.3 Å². The molecule has 0 spiro atoms. The average Bonchev–Trinajstić information content (AvgIpc) is 3.13. The molecule has 0 unspecified atom stereocenters. The fourth-order valence-electron chi connectivity index (χ4n) is 1.62. The molecule has 0 heterocycles. The molecule has 0 aliphatic heterocycles. The van der Waals surface area contributed by atoms with E-state index in [0.717, 1.165) is 18.5 Å². The van der Waals surface area contributed by atoms with Crippen LogP contribution in [0.25, 0.3) is 0 Å². The second kappa shape index (κ2) is 5.41. The Hall–Kier alpha value is -2.22. The molecule has 4 N–H and O–H groups in total. The van der Waals surface area contributed by atoms with Gasteiger partial charge in [-0.15, -0.1) is 0 Å². The van der Waals surface area contributed by atoms with Crippen molar-refractivity contribution in [2.45, 2.75) is 25.3 Å². The van der Waals surface area contributed by atoms with Gasteiger partial charge in [0, 0.05) is 24.7 Å². The largest absolute Gasteiger partial charge is 0.398 e. The second-order valence-corrected chi connectivity index (χ2v) is 4.43. The van der Waals surface area contributed by atoms with Gasteiger partial charge in [-0.25, -0.2) is 0 Å². The summed E-state index contributed by atoms with van der Waals surface area (Å²) in [5, 5.41) is 14.8. The third-order valence-corrected chi connectivity index (χ3v) is 2.80. The molecule has 0 bridgehead atoms. The van der Waals surface area contributed by atoms with Crippen molar-refractivity contribution >= 4 is 17.3 Å². The number of hydrogen-bond acceptors (Lipinski definition) is 4. The minimum Gasteiger partial charge on any atom is -0.398 e. The van der Waals surface area contributed by atoms with Gasteiger partial charge in [0.2, 0.25) is 5.91 Å². The number of nitriles is 1. The number of hydrogen-bond donors (Lipinski definition) is 3. The number of amides is 1. The summed E-state index contributed by atoms with van der Waals surface area (Å²) in [5.74, 6) is 0.0756. The van der Waals surface area contributed by atoms with Crippen molar-refractivity contribution in [3.8, 4) is 6.07 Å². The summed E-state index contributed by atoms with van der Waals surface area (Å²) in [6.07, 6.45) is 2.65. The second-order valence-electron chi connectivity index (χ2n) is 4.43. The zero-order chi connectivity index (χ0) is 13.0. The van der Waals surface area contributed by atoms with Crippen LogP contribution in [0.15, 0.2) is 18.2 Å². The van der Waals surface area contributed by atoms with E-state index in [1.54, 1.807) is 18.2 Å². The summed E-state index contributed by atoms with van der Waals surface area (Å²) in [6.45, 7) is 0.559. The Kier molecular flexibility index (Phi) is 3.68. The van der Waals surface area contributed by atoms with Crippen LogP contribution in [0, 0.1) is 11.3 Å². The van der Waals surface area contributed by atoms with Crippen molar-refractivity contribution in [1.29, 1.82) is 5.26 Å². The molecule has 0 radical (unpaired) electrons. The number of nitrogen functional groups attached to an aromatic ring is 1. The van der Waals surface area contributed by atoms with Crippen molar-refractivity contribution in [3.63, 3.8) is 0 Å². The summed E-state index contributed by atoms with van der Waals surface area (Å²) < 4.78 is 0. The molecule has 1 aromatic rings. The van der Waals surface area contributed by atoms with Gasteiger partial charge in [-0.1, -0.05) is 0 Å². The van der Waals surface area contributed by atoms with Gasteiger partial charge in [0.25, 0.3) is 0 Å². The highest BCUT2D eigenvalue weighted by atomic mass is 16.1. The fourth-order valence-corrected chi connectivity index (χ4v) is 1.62. The highest BCUT2D eigenvalue weighted by Crippen LogP contribution is 2.19. The van der Waals surface area contributed by atoms with Crippen molar-refractivity contribution in [1.82, 2.24) is 5.32 Å². The van der Waals surface area contributed by atoms with Crippen molar-refractivity contribution < 1.29 is 4.79 Å². The van der Waals surface area contributed by atoms with Crippen molar-refractivity contribution in [3.05, 3.63) is 23.8 Å². The van der Waals surface area contributed by atoms with E-state index in [1.807, 2.05) is 6.07 Å². The van der Waals surface area contributed by atoms with E-state index in [4.69, 9.17) is 11.0 Å². The molecule has 1 amide bonds. The smallest absolute Gasteiger partial charge is 0.221 e. The molecule has 1 aliphatic carbocycles. The highest BCUT2D eigenvalue weighted by molar-refractivity contribution is 5.77. The topological polar surface area (TPSA) is 90.9 Å². The third kappa shape index (κ3) is 3.39. The number of rotatable bonds is 5. The van der Waals surface area contributed by atoms with Gasteiger partial charge in [0.05, 0.1) is 11.3 Å². The molecule has 0 atom stereocenters. The summed E-state index contributed by atoms with van der Waals surface area (Å²) in [5.41, 5.74) is 7.43. The van der Waals surface area contributed by atoms with Crippen molar-refractivity contribution in [2.75, 3.05) is 17.6 Å². The van der Waals surface area contributed by atoms with Crippen LogP contribution in [-0.4, -0.2) is 18.5 Å². The number of carbonyl (C=O) groups excluding carboxylic acids is 1. The third-order valence-electron chi connectivity index (χ3n) is 2.80. The van der Waals surface area contributed by atoms with Crippen LogP contribution in [0.2, 0.25) is 0 Å². The summed E-state index contributed by atoms with van der Waals surface area (Å²) >= 11 is 0. The molecule has 5 nitrogen and oxygen atoms in total. The first kappa shape index (κ1) is 12.2. The van der Waals surface area contributed by atoms with Crippen LogP contribution in [0.5, 0.6) is 0 Å². The Bertz CT molecular complexity index is 488. The quantitative estimate of drug-likeness (QED) is 0.679. The lowest BCUT2D eigenvalue weighted by Crippen LogP contribution is -2.27. The Balaban J connectivity index is 1.77. The Morgan fingerprint density at radius 1 is 1.50 bits per heavy atom. The van der Waals surface area contributed by atoms with Crippen LogP contribution in [0.4, 0.5) is 11.4 Å². The molecular weight excluding hydrogens is 228 g/mol. The van der Waals surface area contributed by atoms with E-state index < -0.39 is 0 Å². The van der Waals surface area contributed by atoms with Gasteiger partial charge in [-0.05, 0) is 31.0 Å². The summed E-state index contributed by atoms with van der Waals surface area (Å²) in [4.78, 5) is 11.4. The lowest BCUT2D eigenvalue weighted by atomic mass is 10.2. The number of anilines is 2. The normalized spacial score (nSPS) is 13.7. The van der Waals surface area contributed by atoms with E-state index in [2.05, 4.69) is 10.6 Å². The molecule has 1 saturated carbocycles. The molecule has 1 fully saturated rings. The van der Waals surface area contributed by atoms with Crippen LogP contribution in [0.1, 0.15) is 24.8 Å². The lowest BCUT2D eigenvalue weighted by molar-refractivity contribution is -0.120. The Morgan fingerprint density at radius 2 is 2.28 bits per heavy atom. The number of nitrogens with one attached hydrogen (secondary N) is 2. The highest BCUT2D eigenvalue weighted by Gasteiger charge is 2.22. The van der Waals surface area contributed by atoms with Crippen LogP contribution in [-0.2, 0) is 4.79 Å². The van der Waals surface area contributed by atoms with E-state index in [1.165, 1.54) is 0 Å². The molecule has 0 saturated heterocycles. The van der Waals surface area contributed by atoms with Crippen LogP contribution >= 0.6 is 0 Å². The minimum absolute atomic E-state index is 0.0756. The fraction of sp³-hybridized carbons (Fsp3) is 0.385. The maximum absolute atomic E-state index is 11.4. The van der Waals surface area contributed by atoms with Gasteiger partial charge >= 0.3 is 0 Å². The van der Waals surface area contributed by atoms with Gasteiger partial charge < -0.3 is 16.4 Å². The number of carbonyl (C=O) groups is 1. The van der Waals surface area contributed by atoms with Gasteiger partial charge in [-0.3, -0.25) is 4.79 Å². The molecule has 1 aliphatic rings. The average molecular weight is 244 g/mol. The number of nitrogens with zero attached hydrogens (tertiary/aromatic N) is 1. The standard InChI is InChI=1S/C13H16N4O/c14-8-9-1-2-11(7-12(9)15)16-6-5-13(18)17-10-3-4-10/h1-2,7,10,16H,3-6,15H2,(H,17,18). The SMILES string of the molecule is N#Cc1ccc(NCCC(=O)NC2CC2)cc1N. The Labute approximate surface area is 106 Å². The molecular formula is C13H16N4O. The number of nitrogens with two attached hydrogens (primary N) is 1. The van der Waals surface area contributed by atoms with E-state index in [-0.39, 0.29) is 5.91 Å². The Morgan fingerprint density at radius 3 is 2.89 bits per heavy atom.